The van der Waals surface area contributed by atoms with Gasteiger partial charge in [-0.2, -0.15) is 0 Å². The predicted molar refractivity (Wildman–Crippen MR) is 113 cm³/mol. The Kier molecular flexibility index (Phi) is 6.49. The van der Waals surface area contributed by atoms with Crippen LogP contribution in [0.25, 0.3) is 5.65 Å². The molecule has 1 saturated heterocycles. The van der Waals surface area contributed by atoms with E-state index < -0.39 is 0 Å². The van der Waals surface area contributed by atoms with Crippen molar-refractivity contribution in [2.75, 3.05) is 31.1 Å². The van der Waals surface area contributed by atoms with Gasteiger partial charge in [-0.15, -0.1) is 34.2 Å². The highest BCUT2D eigenvalue weighted by Gasteiger charge is 2.23. The molecule has 3 heterocycles. The molecule has 0 spiro atoms. The average Bonchev–Trinajstić information content (AvgIpc) is 3.07. The Bertz CT molecular complexity index is 741. The Labute approximate surface area is 170 Å². The maximum Gasteiger partial charge on any atom is 0.203 e. The summed E-state index contributed by atoms with van der Waals surface area (Å²) in [5, 5.41) is 11.4. The number of guanidine groups is 1. The summed E-state index contributed by atoms with van der Waals surface area (Å²) in [6.45, 7) is 3.65. The van der Waals surface area contributed by atoms with Crippen molar-refractivity contribution in [1.82, 2.24) is 24.9 Å². The van der Waals surface area contributed by atoms with E-state index in [4.69, 9.17) is 5.73 Å². The number of nitrogens with zero attached hydrogens (tertiary/aromatic N) is 6. The van der Waals surface area contributed by atoms with Gasteiger partial charge in [0.05, 0.1) is 0 Å². The fourth-order valence-corrected chi connectivity index (χ4v) is 3.60. The fraction of sp³-hybridized carbons (Fsp3) is 0.647. The summed E-state index contributed by atoms with van der Waals surface area (Å²) in [4.78, 5) is 11.4. The third-order valence-corrected chi connectivity index (χ3v) is 5.33. The van der Waals surface area contributed by atoms with Gasteiger partial charge < -0.3 is 16.0 Å². The van der Waals surface area contributed by atoms with E-state index in [9.17, 15) is 0 Å². The molecular formula is C17H27IN8. The van der Waals surface area contributed by atoms with Crippen molar-refractivity contribution in [3.63, 3.8) is 0 Å². The zero-order chi connectivity index (χ0) is 17.1. The van der Waals surface area contributed by atoms with E-state index in [1.807, 2.05) is 10.6 Å². The first-order valence-corrected chi connectivity index (χ1v) is 9.22. The second-order valence-electron chi connectivity index (χ2n) is 7.17. The molecule has 1 aliphatic carbocycles. The third-order valence-electron chi connectivity index (χ3n) is 5.33. The molecule has 9 heteroatoms. The molecule has 0 radical (unpaired) electrons. The topological polar surface area (TPSA) is 96.7 Å². The van der Waals surface area contributed by atoms with Gasteiger partial charge in [-0.1, -0.05) is 6.42 Å². The highest BCUT2D eigenvalue weighted by atomic mass is 127. The van der Waals surface area contributed by atoms with E-state index >= 15 is 0 Å². The highest BCUT2D eigenvalue weighted by Crippen LogP contribution is 2.25. The predicted octanol–water partition coefficient (Wildman–Crippen LogP) is 1.66. The van der Waals surface area contributed by atoms with Gasteiger partial charge in [0.25, 0.3) is 0 Å². The van der Waals surface area contributed by atoms with Crippen molar-refractivity contribution < 1.29 is 0 Å². The molecule has 8 nitrogen and oxygen atoms in total. The summed E-state index contributed by atoms with van der Waals surface area (Å²) in [6, 6.07) is 0. The first-order valence-electron chi connectivity index (χ1n) is 9.22. The number of fused-ring (bicyclic) bond motifs is 1. The molecule has 0 bridgehead atoms. The number of anilines is 1. The quantitative estimate of drug-likeness (QED) is 0.392. The molecule has 1 atom stereocenters. The number of piperidine rings is 1. The Morgan fingerprint density at radius 1 is 1.27 bits per heavy atom. The van der Waals surface area contributed by atoms with Crippen molar-refractivity contribution in [3.8, 4) is 0 Å². The molecule has 4 rings (SSSR count). The number of rotatable bonds is 5. The van der Waals surface area contributed by atoms with Crippen LogP contribution in [0.4, 0.5) is 5.82 Å². The minimum atomic E-state index is 0. The lowest BCUT2D eigenvalue weighted by atomic mass is 9.85. The molecule has 2 aromatic rings. The lowest BCUT2D eigenvalue weighted by Gasteiger charge is -2.32. The maximum atomic E-state index is 6.02. The Morgan fingerprint density at radius 3 is 2.92 bits per heavy atom. The van der Waals surface area contributed by atoms with Gasteiger partial charge in [0.15, 0.2) is 11.8 Å². The van der Waals surface area contributed by atoms with Crippen LogP contribution < -0.4 is 16.0 Å². The van der Waals surface area contributed by atoms with Crippen molar-refractivity contribution in [3.05, 3.63) is 18.7 Å². The number of hydrogen-bond acceptors (Lipinski definition) is 5. The monoisotopic (exact) mass is 470 g/mol. The zero-order valence-corrected chi connectivity index (χ0v) is 17.2. The van der Waals surface area contributed by atoms with Gasteiger partial charge in [0, 0.05) is 38.6 Å². The van der Waals surface area contributed by atoms with Crippen LogP contribution in [-0.4, -0.2) is 51.7 Å². The molecule has 1 saturated carbocycles. The summed E-state index contributed by atoms with van der Waals surface area (Å²) in [5.41, 5.74) is 6.83. The molecule has 2 aliphatic rings. The molecule has 142 valence electrons. The number of aromatic nitrogens is 4. The fourth-order valence-electron chi connectivity index (χ4n) is 3.60. The smallest absolute Gasteiger partial charge is 0.203 e. The normalized spacial score (nSPS) is 21.3. The van der Waals surface area contributed by atoms with Crippen LogP contribution in [0, 0.1) is 11.8 Å². The summed E-state index contributed by atoms with van der Waals surface area (Å²) >= 11 is 0. The van der Waals surface area contributed by atoms with Crippen molar-refractivity contribution in [2.45, 2.75) is 32.1 Å². The summed E-state index contributed by atoms with van der Waals surface area (Å²) < 4.78 is 1.91. The lowest BCUT2D eigenvalue weighted by molar-refractivity contribution is 0.315. The van der Waals surface area contributed by atoms with Gasteiger partial charge in [-0.25, -0.2) is 4.98 Å². The minimum Gasteiger partial charge on any atom is -0.370 e. The Hall–Kier alpha value is -1.65. The summed E-state index contributed by atoms with van der Waals surface area (Å²) in [5.74, 6) is 2.77. The second-order valence-corrected chi connectivity index (χ2v) is 7.17. The van der Waals surface area contributed by atoms with Crippen molar-refractivity contribution >= 4 is 41.4 Å². The highest BCUT2D eigenvalue weighted by molar-refractivity contribution is 14.0. The molecule has 0 aromatic carbocycles. The molecule has 26 heavy (non-hydrogen) atoms. The van der Waals surface area contributed by atoms with Crippen LogP contribution in [0.5, 0.6) is 0 Å². The lowest BCUT2D eigenvalue weighted by Crippen LogP contribution is -2.39. The molecule has 2 fully saturated rings. The summed E-state index contributed by atoms with van der Waals surface area (Å²) in [7, 11) is 0. The first kappa shape index (κ1) is 19.1. The van der Waals surface area contributed by atoms with Crippen LogP contribution in [0.15, 0.2) is 23.7 Å². The number of aliphatic imine (C=N–C) groups is 1. The zero-order valence-electron chi connectivity index (χ0n) is 14.9. The van der Waals surface area contributed by atoms with E-state index in [2.05, 4.69) is 30.4 Å². The number of hydrogen-bond donors (Lipinski definition) is 2. The average molecular weight is 470 g/mol. The summed E-state index contributed by atoms with van der Waals surface area (Å²) in [6.07, 6.45) is 11.7. The number of halogens is 1. The van der Waals surface area contributed by atoms with Crippen molar-refractivity contribution in [1.29, 1.82) is 0 Å². The van der Waals surface area contributed by atoms with Crippen LogP contribution >= 0.6 is 24.0 Å². The van der Waals surface area contributed by atoms with Gasteiger partial charge >= 0.3 is 0 Å². The maximum absolute atomic E-state index is 6.02. The number of nitrogens with two attached hydrogens (primary N) is 1. The van der Waals surface area contributed by atoms with Crippen LogP contribution in [0.2, 0.25) is 0 Å². The van der Waals surface area contributed by atoms with Crippen LogP contribution in [0.3, 0.4) is 0 Å². The largest absolute Gasteiger partial charge is 0.370 e. The van der Waals surface area contributed by atoms with Gasteiger partial charge in [0.1, 0.15) is 6.33 Å². The van der Waals surface area contributed by atoms with Gasteiger partial charge in [0.2, 0.25) is 5.65 Å². The van der Waals surface area contributed by atoms with E-state index in [0.717, 1.165) is 50.0 Å². The van der Waals surface area contributed by atoms with E-state index in [1.165, 1.54) is 25.7 Å². The first-order chi connectivity index (χ1) is 12.3. The number of nitrogens with one attached hydrogen (secondary N) is 1. The third kappa shape index (κ3) is 4.36. The molecule has 0 amide bonds. The van der Waals surface area contributed by atoms with Gasteiger partial charge in [-0.05, 0) is 37.5 Å². The van der Waals surface area contributed by atoms with E-state index in [-0.39, 0.29) is 24.0 Å². The van der Waals surface area contributed by atoms with Crippen molar-refractivity contribution in [2.24, 2.45) is 22.6 Å². The standard InChI is InChI=1S/C17H26N8.HI/c18-17(20-9-13-3-1-4-13)21-10-14-5-2-7-24(11-14)15-16-23-22-12-25(16)8-6-19-15;/h6,8,12-14H,1-5,7,9-11H2,(H3,18,20,21);1H. The molecule has 1 unspecified atom stereocenters. The van der Waals surface area contributed by atoms with E-state index in [1.54, 1.807) is 12.5 Å². The molecular weight excluding hydrogens is 443 g/mol. The molecule has 1 aliphatic heterocycles. The second kappa shape index (κ2) is 8.83. The Balaban J connectivity index is 0.00000196. The van der Waals surface area contributed by atoms with Crippen LogP contribution in [0.1, 0.15) is 32.1 Å². The Morgan fingerprint density at radius 2 is 2.12 bits per heavy atom. The van der Waals surface area contributed by atoms with Crippen LogP contribution in [-0.2, 0) is 0 Å². The SMILES string of the molecule is I.NC(=NCC1CCCN(c2nccn3cnnc23)C1)NCC1CCC1. The minimum absolute atomic E-state index is 0. The van der Waals surface area contributed by atoms with E-state index in [0.29, 0.717) is 11.9 Å². The molecule has 3 N–H and O–H groups in total. The molecule has 2 aromatic heterocycles. The van der Waals surface area contributed by atoms with Gasteiger partial charge in [-0.3, -0.25) is 9.39 Å².